The molecule has 1 amide bonds. The van der Waals surface area contributed by atoms with Crippen LogP contribution in [0.5, 0.6) is 0 Å². The highest BCUT2D eigenvalue weighted by Gasteiger charge is 2.27. The smallest absolute Gasteiger partial charge is 0.272 e. The van der Waals surface area contributed by atoms with Crippen LogP contribution < -0.4 is 0 Å². The lowest BCUT2D eigenvalue weighted by atomic mass is 10.0. The SMILES string of the molecule is CCCc1ccc2ncc(C(=O)N3CCc4c(C(C)=O)csc4C3)n2c1. The van der Waals surface area contributed by atoms with E-state index in [-0.39, 0.29) is 11.7 Å². The van der Waals surface area contributed by atoms with Crippen LogP contribution in [-0.2, 0) is 19.4 Å². The molecular weight excluding hydrogens is 346 g/mol. The summed E-state index contributed by atoms with van der Waals surface area (Å²) in [4.78, 5) is 32.2. The van der Waals surface area contributed by atoms with E-state index in [2.05, 4.69) is 18.0 Å². The normalized spacial score (nSPS) is 13.8. The van der Waals surface area contributed by atoms with Crippen molar-refractivity contribution in [2.45, 2.75) is 39.7 Å². The molecule has 5 nitrogen and oxygen atoms in total. The van der Waals surface area contributed by atoms with Crippen LogP contribution in [0.4, 0.5) is 0 Å². The summed E-state index contributed by atoms with van der Waals surface area (Å²) >= 11 is 1.57. The second kappa shape index (κ2) is 6.68. The van der Waals surface area contributed by atoms with Gasteiger partial charge < -0.3 is 4.90 Å². The summed E-state index contributed by atoms with van der Waals surface area (Å²) in [7, 11) is 0. The lowest BCUT2D eigenvalue weighted by molar-refractivity contribution is 0.0730. The standard InChI is InChI=1S/C20H21N3O2S/c1-3-4-14-5-6-19-21-9-17(23(19)10-14)20(25)22-8-7-15-16(13(2)24)12-26-18(15)11-22/h5-6,9-10,12H,3-4,7-8,11H2,1-2H3. The molecule has 0 atom stereocenters. The molecule has 0 aromatic carbocycles. The van der Waals surface area contributed by atoms with E-state index in [1.54, 1.807) is 24.5 Å². The molecule has 0 saturated carbocycles. The second-order valence-corrected chi connectivity index (χ2v) is 7.71. The Labute approximate surface area is 156 Å². The molecule has 1 aliphatic heterocycles. The Balaban J connectivity index is 1.63. The number of rotatable bonds is 4. The first-order valence-electron chi connectivity index (χ1n) is 8.94. The first-order valence-corrected chi connectivity index (χ1v) is 9.82. The maximum atomic E-state index is 13.1. The van der Waals surface area contributed by atoms with Crippen molar-refractivity contribution < 1.29 is 9.59 Å². The van der Waals surface area contributed by atoms with Crippen LogP contribution in [0.3, 0.4) is 0 Å². The largest absolute Gasteiger partial charge is 0.332 e. The number of nitrogens with zero attached hydrogens (tertiary/aromatic N) is 3. The molecule has 0 N–H and O–H groups in total. The van der Waals surface area contributed by atoms with Crippen molar-refractivity contribution in [1.82, 2.24) is 14.3 Å². The molecule has 4 rings (SSSR count). The van der Waals surface area contributed by atoms with Gasteiger partial charge in [0.1, 0.15) is 11.3 Å². The third-order valence-electron chi connectivity index (χ3n) is 4.94. The van der Waals surface area contributed by atoms with Crippen LogP contribution >= 0.6 is 11.3 Å². The van der Waals surface area contributed by atoms with Crippen LogP contribution in [0, 0.1) is 0 Å². The minimum Gasteiger partial charge on any atom is -0.332 e. The number of hydrogen-bond acceptors (Lipinski definition) is 4. The van der Waals surface area contributed by atoms with E-state index in [4.69, 9.17) is 0 Å². The summed E-state index contributed by atoms with van der Waals surface area (Å²) in [6, 6.07) is 4.04. The maximum absolute atomic E-state index is 13.1. The fraction of sp³-hybridized carbons (Fsp3) is 0.350. The van der Waals surface area contributed by atoms with Gasteiger partial charge in [-0.25, -0.2) is 4.98 Å². The summed E-state index contributed by atoms with van der Waals surface area (Å²) in [5, 5.41) is 1.92. The number of carbonyl (C=O) groups is 2. The zero-order valence-electron chi connectivity index (χ0n) is 15.0. The van der Waals surface area contributed by atoms with Gasteiger partial charge in [0, 0.05) is 28.6 Å². The summed E-state index contributed by atoms with van der Waals surface area (Å²) in [5.41, 5.74) is 4.54. The first-order chi connectivity index (χ1) is 12.6. The first kappa shape index (κ1) is 17.0. The average Bonchev–Trinajstić information content (AvgIpc) is 3.24. The van der Waals surface area contributed by atoms with E-state index in [1.165, 1.54) is 5.56 Å². The topological polar surface area (TPSA) is 54.7 Å². The van der Waals surface area contributed by atoms with E-state index in [1.807, 2.05) is 26.9 Å². The molecular formula is C20H21N3O2S. The third-order valence-corrected chi connectivity index (χ3v) is 5.95. The van der Waals surface area contributed by atoms with Crippen molar-refractivity contribution in [2.24, 2.45) is 0 Å². The highest BCUT2D eigenvalue weighted by atomic mass is 32.1. The molecule has 0 bridgehead atoms. The van der Waals surface area contributed by atoms with E-state index >= 15 is 0 Å². The fourth-order valence-electron chi connectivity index (χ4n) is 3.58. The number of aryl methyl sites for hydroxylation is 1. The summed E-state index contributed by atoms with van der Waals surface area (Å²) in [5.74, 6) is 0.0992. The molecule has 0 aliphatic carbocycles. The van der Waals surface area contributed by atoms with Gasteiger partial charge in [0.05, 0.1) is 12.7 Å². The minimum atomic E-state index is -0.00502. The highest BCUT2D eigenvalue weighted by molar-refractivity contribution is 7.10. The predicted octanol–water partition coefficient (Wildman–Crippen LogP) is 3.75. The zero-order valence-corrected chi connectivity index (χ0v) is 15.8. The zero-order chi connectivity index (χ0) is 18.3. The monoisotopic (exact) mass is 367 g/mol. The molecule has 4 heterocycles. The Kier molecular flexibility index (Phi) is 4.36. The summed E-state index contributed by atoms with van der Waals surface area (Å²) in [6.45, 7) is 4.94. The molecule has 3 aromatic rings. The van der Waals surface area contributed by atoms with Crippen LogP contribution in [0.2, 0.25) is 0 Å². The molecule has 134 valence electrons. The molecule has 0 saturated heterocycles. The number of amides is 1. The number of ketones is 1. The lowest BCUT2D eigenvalue weighted by Gasteiger charge is -2.27. The van der Waals surface area contributed by atoms with Crippen molar-refractivity contribution in [3.63, 3.8) is 0 Å². The van der Waals surface area contributed by atoms with Gasteiger partial charge in [0.2, 0.25) is 0 Å². The number of carbonyl (C=O) groups excluding carboxylic acids is 2. The molecule has 26 heavy (non-hydrogen) atoms. The van der Waals surface area contributed by atoms with Crippen molar-refractivity contribution in [1.29, 1.82) is 0 Å². The van der Waals surface area contributed by atoms with Crippen molar-refractivity contribution in [3.8, 4) is 0 Å². The van der Waals surface area contributed by atoms with Gasteiger partial charge in [0.25, 0.3) is 5.91 Å². The van der Waals surface area contributed by atoms with Gasteiger partial charge in [-0.2, -0.15) is 0 Å². The number of fused-ring (bicyclic) bond motifs is 2. The Hall–Kier alpha value is -2.47. The Morgan fingerprint density at radius 1 is 1.31 bits per heavy atom. The predicted molar refractivity (Wildman–Crippen MR) is 102 cm³/mol. The number of thiophene rings is 1. The van der Waals surface area contributed by atoms with Crippen molar-refractivity contribution in [2.75, 3.05) is 6.54 Å². The molecule has 3 aromatic heterocycles. The van der Waals surface area contributed by atoms with E-state index in [0.29, 0.717) is 18.8 Å². The maximum Gasteiger partial charge on any atom is 0.272 e. The third kappa shape index (κ3) is 2.84. The number of Topliss-reactive ketones (excluding diaryl/α,β-unsaturated/α-hetero) is 1. The second-order valence-electron chi connectivity index (χ2n) is 6.74. The Morgan fingerprint density at radius 2 is 2.15 bits per heavy atom. The summed E-state index contributed by atoms with van der Waals surface area (Å²) in [6.07, 6.45) is 6.47. The van der Waals surface area contributed by atoms with Crippen molar-refractivity contribution >= 4 is 28.7 Å². The Bertz CT molecular complexity index is 1000. The van der Waals surface area contributed by atoms with Crippen LogP contribution in [0.1, 0.15) is 57.1 Å². The number of hydrogen-bond donors (Lipinski definition) is 0. The van der Waals surface area contributed by atoms with Gasteiger partial charge in [-0.1, -0.05) is 19.4 Å². The average molecular weight is 367 g/mol. The lowest BCUT2D eigenvalue weighted by Crippen LogP contribution is -2.36. The molecule has 1 aliphatic rings. The highest BCUT2D eigenvalue weighted by Crippen LogP contribution is 2.29. The molecule has 0 fully saturated rings. The van der Waals surface area contributed by atoms with E-state index < -0.39 is 0 Å². The molecule has 6 heteroatoms. The fourth-order valence-corrected chi connectivity index (χ4v) is 4.73. The van der Waals surface area contributed by atoms with Crippen molar-refractivity contribution in [3.05, 3.63) is 57.2 Å². The Morgan fingerprint density at radius 3 is 2.92 bits per heavy atom. The minimum absolute atomic E-state index is 0.00502. The van der Waals surface area contributed by atoms with Gasteiger partial charge in [-0.15, -0.1) is 11.3 Å². The van der Waals surface area contributed by atoms with Crippen LogP contribution in [-0.4, -0.2) is 32.5 Å². The molecule has 0 radical (unpaired) electrons. The van der Waals surface area contributed by atoms with Crippen LogP contribution in [0.25, 0.3) is 5.65 Å². The molecule has 0 unspecified atom stereocenters. The van der Waals surface area contributed by atoms with Gasteiger partial charge in [-0.3, -0.25) is 14.0 Å². The molecule has 0 spiro atoms. The quantitative estimate of drug-likeness (QED) is 0.660. The van der Waals surface area contributed by atoms with Gasteiger partial charge in [0.15, 0.2) is 5.78 Å². The van der Waals surface area contributed by atoms with Gasteiger partial charge in [-0.05, 0) is 37.0 Å². The number of pyridine rings is 1. The summed E-state index contributed by atoms with van der Waals surface area (Å²) < 4.78 is 1.90. The van der Waals surface area contributed by atoms with E-state index in [0.717, 1.165) is 40.9 Å². The number of aromatic nitrogens is 2. The van der Waals surface area contributed by atoms with Gasteiger partial charge >= 0.3 is 0 Å². The van der Waals surface area contributed by atoms with Crippen LogP contribution in [0.15, 0.2) is 29.9 Å². The van der Waals surface area contributed by atoms with E-state index in [9.17, 15) is 9.59 Å². The number of imidazole rings is 1.